The van der Waals surface area contributed by atoms with Crippen LogP contribution in [0, 0.1) is 35.5 Å². The summed E-state index contributed by atoms with van der Waals surface area (Å²) in [5.41, 5.74) is 3.09. The maximum Gasteiger partial charge on any atom is 0.307 e. The molecule has 0 radical (unpaired) electrons. The Bertz CT molecular complexity index is 1020. The van der Waals surface area contributed by atoms with Gasteiger partial charge in [-0.1, -0.05) is 20.3 Å². The molecule has 0 spiro atoms. The predicted molar refractivity (Wildman–Crippen MR) is 153 cm³/mol. The van der Waals surface area contributed by atoms with Crippen LogP contribution in [0.5, 0.6) is 0 Å². The topological polar surface area (TPSA) is 159 Å². The highest BCUT2D eigenvalue weighted by molar-refractivity contribution is 7.92. The Morgan fingerprint density at radius 2 is 1.20 bits per heavy atom. The summed E-state index contributed by atoms with van der Waals surface area (Å²) in [7, 11) is -3.29. The third-order valence-electron chi connectivity index (χ3n) is 10.5. The van der Waals surface area contributed by atoms with E-state index in [4.69, 9.17) is 4.84 Å². The van der Waals surface area contributed by atoms with E-state index in [-0.39, 0.29) is 35.1 Å². The Morgan fingerprint density at radius 3 is 1.76 bits per heavy atom. The summed E-state index contributed by atoms with van der Waals surface area (Å²) >= 11 is 0. The van der Waals surface area contributed by atoms with Gasteiger partial charge in [0, 0.05) is 12.1 Å². The molecule has 4 saturated carbocycles. The molecule has 4 aliphatic rings. The highest BCUT2D eigenvalue weighted by atomic mass is 32.2. The maximum atomic E-state index is 13.5. The summed E-state index contributed by atoms with van der Waals surface area (Å²) in [5.74, 6) is -2.67. The van der Waals surface area contributed by atoms with Crippen molar-refractivity contribution in [1.29, 1.82) is 0 Å². The van der Waals surface area contributed by atoms with Crippen LogP contribution in [0.25, 0.3) is 0 Å². The number of hydroxylamine groups is 1. The van der Waals surface area contributed by atoms with Gasteiger partial charge in [0.2, 0.25) is 5.91 Å². The lowest BCUT2D eigenvalue weighted by Crippen LogP contribution is -2.47. The van der Waals surface area contributed by atoms with E-state index < -0.39 is 38.9 Å². The largest absolute Gasteiger partial charge is 0.481 e. The van der Waals surface area contributed by atoms with E-state index in [1.165, 1.54) is 0 Å². The molecule has 6 unspecified atom stereocenters. The monoisotopic (exact) mass is 598 g/mol. The lowest BCUT2D eigenvalue weighted by molar-refractivity contribution is -0.150. The second kappa shape index (κ2) is 14.2. The van der Waals surface area contributed by atoms with Gasteiger partial charge in [-0.2, -0.15) is 5.48 Å². The van der Waals surface area contributed by atoms with Gasteiger partial charge in [-0.3, -0.25) is 14.4 Å². The molecule has 11 heteroatoms. The van der Waals surface area contributed by atoms with Gasteiger partial charge in [-0.05, 0) is 101 Å². The molecule has 0 bridgehead atoms. The molecule has 4 aliphatic carbocycles. The average Bonchev–Trinajstić information content (AvgIpc) is 2.94. The zero-order chi connectivity index (χ0) is 29.7. The molecule has 4 rings (SSSR count). The number of carboxylic acids is 2. The molecule has 41 heavy (non-hydrogen) atoms. The number of nitrogens with one attached hydrogen (secondary N) is 2. The van der Waals surface area contributed by atoms with Crippen LogP contribution in [0.3, 0.4) is 0 Å². The highest BCUT2D eigenvalue weighted by Crippen LogP contribution is 2.37. The Kier molecular flexibility index (Phi) is 11.1. The third-order valence-corrected chi connectivity index (χ3v) is 13.3. The Morgan fingerprint density at radius 1 is 0.683 bits per heavy atom. The van der Waals surface area contributed by atoms with Crippen LogP contribution in [-0.2, 0) is 29.1 Å². The number of aliphatic carboxylic acids is 2. The molecule has 4 fully saturated rings. The Hall–Kier alpha value is -1.72. The van der Waals surface area contributed by atoms with Crippen molar-refractivity contribution in [2.75, 3.05) is 6.61 Å². The number of carbonyl (C=O) groups is 3. The first kappa shape index (κ1) is 32.2. The first-order valence-corrected chi connectivity index (χ1v) is 17.4. The van der Waals surface area contributed by atoms with Crippen molar-refractivity contribution in [1.82, 2.24) is 10.8 Å². The highest BCUT2D eigenvalue weighted by Gasteiger charge is 2.41. The predicted octanol–water partition coefficient (Wildman–Crippen LogP) is 3.94. The van der Waals surface area contributed by atoms with Crippen molar-refractivity contribution in [2.24, 2.45) is 35.5 Å². The Labute approximate surface area is 244 Å². The molecular formula is C30H50N2O8S. The summed E-state index contributed by atoms with van der Waals surface area (Å²) in [6.07, 6.45) is 9.28. The summed E-state index contributed by atoms with van der Waals surface area (Å²) < 4.78 is 26.9. The first-order valence-electron chi connectivity index (χ1n) is 15.8. The van der Waals surface area contributed by atoms with Crippen LogP contribution >= 0.6 is 0 Å². The summed E-state index contributed by atoms with van der Waals surface area (Å²) in [4.78, 5) is 42.0. The normalized spacial score (nSPS) is 38.6. The van der Waals surface area contributed by atoms with Crippen LogP contribution in [0.15, 0.2) is 0 Å². The number of hydrogen-bond acceptors (Lipinski definition) is 7. The molecule has 10 nitrogen and oxygen atoms in total. The van der Waals surface area contributed by atoms with Gasteiger partial charge in [-0.15, -0.1) is 0 Å². The zero-order valence-electron chi connectivity index (χ0n) is 24.6. The standard InChI is InChI=1S/C30H50N2O8S/c1-18-3-5-20(26(15-18)29(34)35)17-40-32-22-8-12-24(13-9-22)41(38,39)23-10-6-21(7-11-23)31-28(33)25-14-4-19(2)16-27(25)30(36)37/h18-27,32H,3-17H2,1-2H3,(H,31,33)(H,34,35)(H,36,37). The average molecular weight is 599 g/mol. The van der Waals surface area contributed by atoms with Crippen molar-refractivity contribution in [3.8, 4) is 0 Å². The fourth-order valence-electron chi connectivity index (χ4n) is 7.81. The van der Waals surface area contributed by atoms with Crippen LogP contribution in [0.4, 0.5) is 0 Å². The number of amides is 1. The molecule has 0 saturated heterocycles. The summed E-state index contributed by atoms with van der Waals surface area (Å²) in [6, 6.07) is -0.0384. The van der Waals surface area contributed by atoms with Crippen molar-refractivity contribution in [3.63, 3.8) is 0 Å². The zero-order valence-corrected chi connectivity index (χ0v) is 25.4. The van der Waals surface area contributed by atoms with Gasteiger partial charge in [0.1, 0.15) is 0 Å². The molecule has 0 aromatic rings. The van der Waals surface area contributed by atoms with Crippen molar-refractivity contribution >= 4 is 27.7 Å². The van der Waals surface area contributed by atoms with Crippen LogP contribution in [0.2, 0.25) is 0 Å². The Balaban J connectivity index is 1.17. The number of hydrogen-bond donors (Lipinski definition) is 4. The van der Waals surface area contributed by atoms with E-state index in [9.17, 15) is 33.0 Å². The summed E-state index contributed by atoms with van der Waals surface area (Å²) in [5, 5.41) is 21.4. The second-order valence-electron chi connectivity index (χ2n) is 13.6. The molecule has 0 aromatic carbocycles. The molecular weight excluding hydrogens is 548 g/mol. The van der Waals surface area contributed by atoms with Gasteiger partial charge in [0.15, 0.2) is 9.84 Å². The van der Waals surface area contributed by atoms with Crippen molar-refractivity contribution in [2.45, 2.75) is 126 Å². The van der Waals surface area contributed by atoms with Crippen molar-refractivity contribution < 1.29 is 37.9 Å². The first-order chi connectivity index (χ1) is 19.5. The van der Waals surface area contributed by atoms with Gasteiger partial charge < -0.3 is 20.4 Å². The van der Waals surface area contributed by atoms with Gasteiger partial charge in [-0.25, -0.2) is 8.42 Å². The number of sulfone groups is 1. The van der Waals surface area contributed by atoms with Crippen molar-refractivity contribution in [3.05, 3.63) is 0 Å². The van der Waals surface area contributed by atoms with E-state index in [0.717, 1.165) is 19.3 Å². The van der Waals surface area contributed by atoms with Gasteiger partial charge in [0.05, 0.1) is 34.9 Å². The van der Waals surface area contributed by atoms with E-state index in [1.807, 2.05) is 6.92 Å². The molecule has 0 heterocycles. The van der Waals surface area contributed by atoms with E-state index in [0.29, 0.717) is 89.1 Å². The van der Waals surface area contributed by atoms with Crippen LogP contribution < -0.4 is 10.8 Å². The molecule has 1 amide bonds. The second-order valence-corrected chi connectivity index (χ2v) is 16.1. The minimum atomic E-state index is -3.29. The molecule has 234 valence electrons. The fraction of sp³-hybridized carbons (Fsp3) is 0.900. The smallest absolute Gasteiger partial charge is 0.307 e. The maximum absolute atomic E-state index is 13.5. The van der Waals surface area contributed by atoms with Gasteiger partial charge in [0.25, 0.3) is 0 Å². The number of carboxylic acid groups (broad SMARTS) is 2. The molecule has 0 aromatic heterocycles. The van der Waals surface area contributed by atoms with E-state index >= 15 is 0 Å². The van der Waals surface area contributed by atoms with Gasteiger partial charge >= 0.3 is 11.9 Å². The number of rotatable bonds is 10. The minimum Gasteiger partial charge on any atom is -0.481 e. The van der Waals surface area contributed by atoms with Crippen LogP contribution in [-0.4, -0.2) is 65.7 Å². The third kappa shape index (κ3) is 8.22. The van der Waals surface area contributed by atoms with E-state index in [1.54, 1.807) is 0 Å². The number of carbonyl (C=O) groups excluding carboxylic acids is 1. The van der Waals surface area contributed by atoms with Crippen LogP contribution in [0.1, 0.15) is 104 Å². The minimum absolute atomic E-state index is 0.00205. The molecule has 4 N–H and O–H groups in total. The molecule has 6 atom stereocenters. The summed E-state index contributed by atoms with van der Waals surface area (Å²) in [6.45, 7) is 4.48. The fourth-order valence-corrected chi connectivity index (χ4v) is 10.2. The lowest BCUT2D eigenvalue weighted by Gasteiger charge is -2.36. The van der Waals surface area contributed by atoms with E-state index in [2.05, 4.69) is 17.7 Å². The molecule has 0 aliphatic heterocycles. The lowest BCUT2D eigenvalue weighted by atomic mass is 9.74. The quantitative estimate of drug-likeness (QED) is 0.273. The SMILES string of the molecule is CC1CCC(CONC2CCC(S(=O)(=O)C3CCC(NC(=O)C4CCC(C)CC4C(=O)O)CC3)CC2)C(C(=O)O)C1.